The number of hydrogen-bond donors (Lipinski definition) is 0. The lowest BCUT2D eigenvalue weighted by molar-refractivity contribution is -0.116. The van der Waals surface area contributed by atoms with Crippen LogP contribution in [0, 0.1) is 0 Å². The summed E-state index contributed by atoms with van der Waals surface area (Å²) in [6, 6.07) is 0. The SMILES string of the molecule is CCCCC/C=C(\I)CC(C)=O. The number of hydrogen-bond acceptors (Lipinski definition) is 1. The first-order chi connectivity index (χ1) is 5.66. The molecular weight excluding hydrogens is 263 g/mol. The molecule has 0 fully saturated rings. The molecule has 0 N–H and O–H groups in total. The van der Waals surface area contributed by atoms with Gasteiger partial charge in [0.15, 0.2) is 0 Å². The van der Waals surface area contributed by atoms with Gasteiger partial charge in [0, 0.05) is 6.42 Å². The zero-order valence-corrected chi connectivity index (χ0v) is 10.1. The van der Waals surface area contributed by atoms with Crippen LogP contribution in [0.15, 0.2) is 9.66 Å². The molecule has 0 radical (unpaired) electrons. The molecule has 0 aliphatic rings. The summed E-state index contributed by atoms with van der Waals surface area (Å²) < 4.78 is 1.19. The number of rotatable bonds is 6. The van der Waals surface area contributed by atoms with Gasteiger partial charge in [0.1, 0.15) is 5.78 Å². The summed E-state index contributed by atoms with van der Waals surface area (Å²) >= 11 is 2.25. The first-order valence-corrected chi connectivity index (χ1v) is 5.58. The summed E-state index contributed by atoms with van der Waals surface area (Å²) in [4.78, 5) is 10.7. The van der Waals surface area contributed by atoms with Gasteiger partial charge in [-0.15, -0.1) is 0 Å². The summed E-state index contributed by atoms with van der Waals surface area (Å²) in [6.45, 7) is 3.84. The van der Waals surface area contributed by atoms with Gasteiger partial charge in [-0.25, -0.2) is 0 Å². The number of carbonyl (C=O) groups excluding carboxylic acids is 1. The van der Waals surface area contributed by atoms with E-state index in [0.717, 1.165) is 6.42 Å². The van der Waals surface area contributed by atoms with Crippen molar-refractivity contribution in [3.05, 3.63) is 9.66 Å². The van der Waals surface area contributed by atoms with E-state index < -0.39 is 0 Å². The summed E-state index contributed by atoms with van der Waals surface area (Å²) in [5.74, 6) is 0.256. The second kappa shape index (κ2) is 7.77. The summed E-state index contributed by atoms with van der Waals surface area (Å²) in [6.07, 6.45) is 7.72. The number of Topliss-reactive ketones (excluding diaryl/α,β-unsaturated/α-hetero) is 1. The molecule has 0 aromatic carbocycles. The minimum Gasteiger partial charge on any atom is -0.300 e. The van der Waals surface area contributed by atoms with Crippen LogP contribution in [0.1, 0.15) is 46.0 Å². The van der Waals surface area contributed by atoms with Crippen LogP contribution in [-0.2, 0) is 4.79 Å². The molecule has 0 bridgehead atoms. The molecule has 1 nitrogen and oxygen atoms in total. The Bertz CT molecular complexity index is 161. The Morgan fingerprint density at radius 1 is 1.42 bits per heavy atom. The van der Waals surface area contributed by atoms with Crippen LogP contribution in [0.4, 0.5) is 0 Å². The van der Waals surface area contributed by atoms with E-state index in [9.17, 15) is 4.79 Å². The van der Waals surface area contributed by atoms with Crippen LogP contribution in [0.25, 0.3) is 0 Å². The summed E-state index contributed by atoms with van der Waals surface area (Å²) in [5, 5.41) is 0. The molecule has 0 aromatic heterocycles. The van der Waals surface area contributed by atoms with Gasteiger partial charge in [0.05, 0.1) is 0 Å². The van der Waals surface area contributed by atoms with Gasteiger partial charge in [0.2, 0.25) is 0 Å². The summed E-state index contributed by atoms with van der Waals surface area (Å²) in [7, 11) is 0. The van der Waals surface area contributed by atoms with Gasteiger partial charge in [-0.2, -0.15) is 0 Å². The van der Waals surface area contributed by atoms with Crippen LogP contribution in [-0.4, -0.2) is 5.78 Å². The number of allylic oxidation sites excluding steroid dienone is 2. The van der Waals surface area contributed by atoms with Crippen molar-refractivity contribution in [3.8, 4) is 0 Å². The van der Waals surface area contributed by atoms with Crippen molar-refractivity contribution in [2.45, 2.75) is 46.0 Å². The Hall–Kier alpha value is 0.140. The highest BCUT2D eigenvalue weighted by molar-refractivity contribution is 14.1. The van der Waals surface area contributed by atoms with E-state index in [4.69, 9.17) is 0 Å². The van der Waals surface area contributed by atoms with E-state index >= 15 is 0 Å². The number of unbranched alkanes of at least 4 members (excludes halogenated alkanes) is 3. The average molecular weight is 280 g/mol. The quantitative estimate of drug-likeness (QED) is 0.533. The fraction of sp³-hybridized carbons (Fsp3) is 0.700. The van der Waals surface area contributed by atoms with Gasteiger partial charge in [-0.3, -0.25) is 4.79 Å². The molecule has 70 valence electrons. The minimum atomic E-state index is 0.256. The Labute approximate surface area is 88.8 Å². The van der Waals surface area contributed by atoms with Gasteiger partial charge in [0.25, 0.3) is 0 Å². The fourth-order valence-corrected chi connectivity index (χ4v) is 1.81. The predicted molar refractivity (Wildman–Crippen MR) is 61.5 cm³/mol. The van der Waals surface area contributed by atoms with Crippen LogP contribution in [0.5, 0.6) is 0 Å². The molecule has 0 spiro atoms. The predicted octanol–water partition coefficient (Wildman–Crippen LogP) is 3.86. The molecule has 0 rings (SSSR count). The molecule has 0 unspecified atom stereocenters. The van der Waals surface area contributed by atoms with Crippen LogP contribution in [0.3, 0.4) is 0 Å². The maximum atomic E-state index is 10.7. The van der Waals surface area contributed by atoms with Gasteiger partial charge in [-0.05, 0) is 45.9 Å². The molecule has 0 amide bonds. The third kappa shape index (κ3) is 8.24. The molecule has 0 aliphatic carbocycles. The van der Waals surface area contributed by atoms with Gasteiger partial charge in [-0.1, -0.05) is 25.8 Å². The molecule has 0 heterocycles. The van der Waals surface area contributed by atoms with Crippen LogP contribution < -0.4 is 0 Å². The Morgan fingerprint density at radius 3 is 2.58 bits per heavy atom. The summed E-state index contributed by atoms with van der Waals surface area (Å²) in [5.41, 5.74) is 0. The molecule has 0 saturated carbocycles. The number of carbonyl (C=O) groups is 1. The molecule has 0 aromatic rings. The average Bonchev–Trinajstić information content (AvgIpc) is 1.97. The second-order valence-corrected chi connectivity index (χ2v) is 4.41. The topological polar surface area (TPSA) is 17.1 Å². The maximum Gasteiger partial charge on any atom is 0.134 e. The zero-order valence-electron chi connectivity index (χ0n) is 7.90. The molecule has 0 aliphatic heterocycles. The van der Waals surface area contributed by atoms with E-state index in [-0.39, 0.29) is 5.78 Å². The van der Waals surface area contributed by atoms with E-state index in [1.807, 2.05) is 0 Å². The fourth-order valence-electron chi connectivity index (χ4n) is 0.963. The van der Waals surface area contributed by atoms with Crippen molar-refractivity contribution in [2.24, 2.45) is 0 Å². The lowest BCUT2D eigenvalue weighted by atomic mass is 10.2. The highest BCUT2D eigenvalue weighted by Crippen LogP contribution is 2.13. The van der Waals surface area contributed by atoms with Crippen molar-refractivity contribution < 1.29 is 4.79 Å². The van der Waals surface area contributed by atoms with Crippen molar-refractivity contribution in [2.75, 3.05) is 0 Å². The Morgan fingerprint density at radius 2 is 2.08 bits per heavy atom. The molecule has 2 heteroatoms. The highest BCUT2D eigenvalue weighted by Gasteiger charge is 1.95. The Balaban J connectivity index is 3.48. The van der Waals surface area contributed by atoms with E-state index in [0.29, 0.717) is 6.42 Å². The maximum absolute atomic E-state index is 10.7. The third-order valence-corrected chi connectivity index (χ3v) is 2.41. The molecule has 0 saturated heterocycles. The van der Waals surface area contributed by atoms with Crippen LogP contribution >= 0.6 is 22.6 Å². The first kappa shape index (κ1) is 12.1. The number of ketones is 1. The normalized spacial score (nSPS) is 11.8. The van der Waals surface area contributed by atoms with E-state index in [1.165, 1.54) is 22.8 Å². The third-order valence-electron chi connectivity index (χ3n) is 1.59. The standard InChI is InChI=1S/C10H17IO/c1-3-4-5-6-7-10(11)8-9(2)12/h7H,3-6,8H2,1-2H3/b10-7-. The van der Waals surface area contributed by atoms with E-state index in [2.05, 4.69) is 35.6 Å². The van der Waals surface area contributed by atoms with Crippen LogP contribution in [0.2, 0.25) is 0 Å². The lowest BCUT2D eigenvalue weighted by Crippen LogP contribution is -1.88. The largest absolute Gasteiger partial charge is 0.300 e. The van der Waals surface area contributed by atoms with Crippen molar-refractivity contribution in [1.29, 1.82) is 0 Å². The lowest BCUT2D eigenvalue weighted by Gasteiger charge is -1.95. The Kier molecular flexibility index (Phi) is 7.86. The molecule has 0 atom stereocenters. The monoisotopic (exact) mass is 280 g/mol. The van der Waals surface area contributed by atoms with E-state index in [1.54, 1.807) is 6.92 Å². The van der Waals surface area contributed by atoms with Gasteiger partial charge < -0.3 is 0 Å². The van der Waals surface area contributed by atoms with Gasteiger partial charge >= 0.3 is 0 Å². The number of halogens is 1. The first-order valence-electron chi connectivity index (χ1n) is 4.50. The van der Waals surface area contributed by atoms with Crippen molar-refractivity contribution in [3.63, 3.8) is 0 Å². The zero-order chi connectivity index (χ0) is 9.40. The highest BCUT2D eigenvalue weighted by atomic mass is 127. The van der Waals surface area contributed by atoms with Crippen molar-refractivity contribution >= 4 is 28.4 Å². The minimum absolute atomic E-state index is 0.256. The molecule has 12 heavy (non-hydrogen) atoms. The second-order valence-electron chi connectivity index (χ2n) is 3.03. The molecular formula is C10H17IO. The van der Waals surface area contributed by atoms with Crippen molar-refractivity contribution in [1.82, 2.24) is 0 Å². The smallest absolute Gasteiger partial charge is 0.134 e.